The molecule has 16 heteroatoms. The molecular formula is C36H48F6O10. The van der Waals surface area contributed by atoms with Gasteiger partial charge < -0.3 is 23.7 Å². The van der Waals surface area contributed by atoms with Gasteiger partial charge in [-0.25, -0.2) is 19.6 Å². The van der Waals surface area contributed by atoms with E-state index in [-0.39, 0.29) is 49.4 Å². The highest BCUT2D eigenvalue weighted by Gasteiger charge is 2.77. The van der Waals surface area contributed by atoms with Crippen molar-refractivity contribution in [3.63, 3.8) is 0 Å². The average molecular weight is 755 g/mol. The quantitative estimate of drug-likeness (QED) is 0.145. The van der Waals surface area contributed by atoms with Crippen molar-refractivity contribution < 1.29 is 74.4 Å². The molecule has 52 heavy (non-hydrogen) atoms. The molecule has 294 valence electrons. The van der Waals surface area contributed by atoms with Crippen molar-refractivity contribution in [1.82, 2.24) is 0 Å². The van der Waals surface area contributed by atoms with Gasteiger partial charge in [0.05, 0.1) is 6.61 Å². The molecule has 0 aromatic rings. The Labute approximate surface area is 298 Å². The van der Waals surface area contributed by atoms with E-state index in [1.165, 1.54) is 6.92 Å². The third-order valence-electron chi connectivity index (χ3n) is 13.9. The van der Waals surface area contributed by atoms with Gasteiger partial charge in [0.2, 0.25) is 23.6 Å². The molecular weight excluding hydrogens is 706 g/mol. The van der Waals surface area contributed by atoms with Crippen LogP contribution < -0.4 is 0 Å². The first kappa shape index (κ1) is 37.4. The summed E-state index contributed by atoms with van der Waals surface area (Å²) in [5, 5.41) is 0. The molecule has 0 aromatic carbocycles. The topological polar surface area (TPSA) is 100 Å². The highest BCUT2D eigenvalue weighted by atomic mass is 19.4. The maximum Gasteiger partial charge on any atom is 0.449 e. The molecule has 0 N–H and O–H groups in total. The fraction of sp³-hybridized carbons (Fsp3) is 0.917. The largest absolute Gasteiger partial charge is 0.456 e. The summed E-state index contributed by atoms with van der Waals surface area (Å²) in [5.74, 6) is -11.0. The standard InChI is InChI=1S/C36H48F6O10/c1-18-9-11-23-20(3)34(36(40,41)42,48-29-32(23)21(18)13-16-31(5,47-29)50-51-32)44-17-7-6-8-25(43)26-24-12-10-19(2)22-14-15-30(4)46-28(33(22,24)52-49-30)45-27(26)35(37,38)39/h18-24,28-29H,6-17H2,1-5H3/t18-,19-,20-,21?,22?,23+,24+,28-,29+,30-,31+,32-,33-,34-/m1/s1. The van der Waals surface area contributed by atoms with Crippen molar-refractivity contribution in [3.05, 3.63) is 11.3 Å². The summed E-state index contributed by atoms with van der Waals surface area (Å²) in [4.78, 5) is 37.2. The van der Waals surface area contributed by atoms with Crippen molar-refractivity contribution in [2.24, 2.45) is 41.4 Å². The zero-order valence-electron chi connectivity index (χ0n) is 30.0. The number of hydrogen-bond acceptors (Lipinski definition) is 10. The van der Waals surface area contributed by atoms with E-state index >= 15 is 13.2 Å². The van der Waals surface area contributed by atoms with Crippen LogP contribution in [0.15, 0.2) is 11.3 Å². The Hall–Kier alpha value is -1.53. The number of allylic oxidation sites excluding steroid dienone is 1. The number of halogens is 6. The lowest BCUT2D eigenvalue weighted by molar-refractivity contribution is -0.598. The van der Waals surface area contributed by atoms with Gasteiger partial charge in [-0.1, -0.05) is 20.8 Å². The molecule has 9 fully saturated rings. The Kier molecular flexibility index (Phi) is 8.80. The minimum atomic E-state index is -5.00. The van der Waals surface area contributed by atoms with Crippen LogP contribution in [0.4, 0.5) is 26.3 Å². The lowest BCUT2D eigenvalue weighted by atomic mass is 9.57. The fourth-order valence-electron chi connectivity index (χ4n) is 11.2. The van der Waals surface area contributed by atoms with Crippen LogP contribution in [0.1, 0.15) is 105 Å². The van der Waals surface area contributed by atoms with E-state index in [1.807, 2.05) is 6.92 Å². The summed E-state index contributed by atoms with van der Waals surface area (Å²) in [7, 11) is 0. The van der Waals surface area contributed by atoms with Crippen molar-refractivity contribution in [1.29, 1.82) is 0 Å². The monoisotopic (exact) mass is 754 g/mol. The third-order valence-corrected chi connectivity index (χ3v) is 13.9. The first-order valence-electron chi connectivity index (χ1n) is 18.8. The minimum Gasteiger partial charge on any atom is -0.456 e. The molecule has 8 heterocycles. The van der Waals surface area contributed by atoms with Crippen LogP contribution in [-0.4, -0.2) is 65.9 Å². The van der Waals surface area contributed by atoms with Crippen LogP contribution in [0.2, 0.25) is 0 Å². The van der Waals surface area contributed by atoms with Gasteiger partial charge >= 0.3 is 12.4 Å². The van der Waals surface area contributed by atoms with Crippen LogP contribution >= 0.6 is 0 Å². The molecule has 10 rings (SSSR count). The van der Waals surface area contributed by atoms with E-state index in [0.717, 1.165) is 0 Å². The number of alkyl halides is 6. The second-order valence-electron chi connectivity index (χ2n) is 16.9. The minimum absolute atomic E-state index is 0.0413. The van der Waals surface area contributed by atoms with Gasteiger partial charge in [-0.15, -0.1) is 0 Å². The van der Waals surface area contributed by atoms with Crippen molar-refractivity contribution >= 4 is 5.78 Å². The molecule has 4 bridgehead atoms. The maximum absolute atomic E-state index is 15.2. The fourth-order valence-corrected chi connectivity index (χ4v) is 11.2. The molecule has 8 aliphatic heterocycles. The summed E-state index contributed by atoms with van der Waals surface area (Å²) in [6.45, 7) is 8.22. The van der Waals surface area contributed by atoms with Crippen LogP contribution in [-0.2, 0) is 48.0 Å². The van der Waals surface area contributed by atoms with E-state index in [9.17, 15) is 18.0 Å². The van der Waals surface area contributed by atoms with Crippen molar-refractivity contribution in [2.75, 3.05) is 6.61 Å². The van der Waals surface area contributed by atoms with E-state index in [0.29, 0.717) is 44.9 Å². The number of hydrogen-bond donors (Lipinski definition) is 0. The number of ether oxygens (including phenoxy) is 5. The smallest absolute Gasteiger partial charge is 0.449 e. The van der Waals surface area contributed by atoms with Crippen molar-refractivity contribution in [2.45, 2.75) is 159 Å². The van der Waals surface area contributed by atoms with Gasteiger partial charge in [0, 0.05) is 48.5 Å². The van der Waals surface area contributed by atoms with Crippen LogP contribution in [0.5, 0.6) is 0 Å². The summed E-state index contributed by atoms with van der Waals surface area (Å²) >= 11 is 0. The first-order chi connectivity index (χ1) is 24.3. The normalized spacial score (nSPS) is 49.8. The molecule has 7 saturated heterocycles. The summed E-state index contributed by atoms with van der Waals surface area (Å²) in [5.41, 5.74) is -3.23. The van der Waals surface area contributed by atoms with E-state index < -0.39 is 95.0 Å². The number of ketones is 1. The molecule has 0 amide bonds. The number of carbonyl (C=O) groups excluding carboxylic acids is 1. The molecule has 2 saturated carbocycles. The second-order valence-corrected chi connectivity index (χ2v) is 16.9. The molecule has 10 nitrogen and oxygen atoms in total. The zero-order chi connectivity index (χ0) is 37.3. The highest BCUT2D eigenvalue weighted by Crippen LogP contribution is 2.65. The first-order valence-corrected chi connectivity index (χ1v) is 18.8. The Morgan fingerprint density at radius 1 is 0.731 bits per heavy atom. The second kappa shape index (κ2) is 12.2. The van der Waals surface area contributed by atoms with Gasteiger partial charge in [-0.05, 0) is 83.0 Å². The predicted octanol–water partition coefficient (Wildman–Crippen LogP) is 7.95. The number of unbranched alkanes of at least 4 members (excludes halogenated alkanes) is 1. The Morgan fingerprint density at radius 3 is 1.96 bits per heavy atom. The lowest BCUT2D eigenvalue weighted by Gasteiger charge is -2.62. The SMILES string of the molecule is C[C@@H]1CC[C@H]2C(C(=O)CCCCO[C@@]3(C(F)(F)F)O[C@@H]4O[C@]5(C)CCC6[C@H](C)CC[C@@H]([C@H]3C)[C@]64OO5)=C(C(F)(F)F)O[C@@H]3O[C@@]4(C)CCC1[C@]32OO4. The van der Waals surface area contributed by atoms with Gasteiger partial charge in [-0.3, -0.25) is 4.79 Å². The summed E-state index contributed by atoms with van der Waals surface area (Å²) in [6, 6.07) is 0. The number of carbonyl (C=O) groups is 1. The van der Waals surface area contributed by atoms with E-state index in [1.54, 1.807) is 13.8 Å². The zero-order valence-corrected chi connectivity index (χ0v) is 30.0. The molecule has 2 aliphatic carbocycles. The molecule has 10 aliphatic rings. The third kappa shape index (κ3) is 5.31. The number of rotatable bonds is 7. The van der Waals surface area contributed by atoms with Gasteiger partial charge in [0.25, 0.3) is 5.79 Å². The Bertz CT molecular complexity index is 1470. The van der Waals surface area contributed by atoms with Gasteiger partial charge in [0.15, 0.2) is 23.3 Å². The molecule has 2 spiro atoms. The predicted molar refractivity (Wildman–Crippen MR) is 164 cm³/mol. The molecule has 0 radical (unpaired) electrons. The number of Topliss-reactive ketones (excluding diaryl/α,β-unsaturated/α-hetero) is 1. The van der Waals surface area contributed by atoms with Crippen LogP contribution in [0.25, 0.3) is 0 Å². The maximum atomic E-state index is 15.2. The van der Waals surface area contributed by atoms with Crippen LogP contribution in [0, 0.1) is 41.4 Å². The summed E-state index contributed by atoms with van der Waals surface area (Å²) < 4.78 is 119. The number of fused-ring (bicyclic) bond motifs is 4. The van der Waals surface area contributed by atoms with E-state index in [4.69, 9.17) is 43.2 Å². The van der Waals surface area contributed by atoms with Gasteiger partial charge in [0.1, 0.15) is 0 Å². The van der Waals surface area contributed by atoms with Crippen LogP contribution in [0.3, 0.4) is 0 Å². The Balaban J connectivity index is 1.00. The average Bonchev–Trinajstić information content (AvgIpc) is 3.44. The lowest BCUT2D eigenvalue weighted by Crippen LogP contribution is -2.76. The van der Waals surface area contributed by atoms with Crippen molar-refractivity contribution in [3.8, 4) is 0 Å². The molecule has 14 atom stereocenters. The van der Waals surface area contributed by atoms with E-state index in [2.05, 4.69) is 6.92 Å². The summed E-state index contributed by atoms with van der Waals surface area (Å²) in [6.07, 6.45) is -9.46. The highest BCUT2D eigenvalue weighted by molar-refractivity contribution is 5.97. The molecule has 0 aromatic heterocycles. The van der Waals surface area contributed by atoms with Gasteiger partial charge in [-0.2, -0.15) is 26.3 Å². The Morgan fingerprint density at radius 2 is 1.33 bits per heavy atom. The molecule has 2 unspecified atom stereocenters.